The van der Waals surface area contributed by atoms with E-state index < -0.39 is 16.8 Å². The van der Waals surface area contributed by atoms with Gasteiger partial charge in [0.1, 0.15) is 11.8 Å². The zero-order valence-electron chi connectivity index (χ0n) is 9.68. The maximum Gasteiger partial charge on any atom is 0.322 e. The summed E-state index contributed by atoms with van der Waals surface area (Å²) >= 11 is 1.52. The zero-order valence-corrected chi connectivity index (χ0v) is 10.5. The van der Waals surface area contributed by atoms with Gasteiger partial charge in [0.25, 0.3) is 0 Å². The van der Waals surface area contributed by atoms with Gasteiger partial charge in [0.2, 0.25) is 0 Å². The van der Waals surface area contributed by atoms with Crippen molar-refractivity contribution in [2.45, 2.75) is 30.0 Å². The molecule has 1 fully saturated rings. The van der Waals surface area contributed by atoms with E-state index in [1.807, 2.05) is 19.9 Å². The Morgan fingerprint density at radius 1 is 1.41 bits per heavy atom. The molecule has 0 saturated carbocycles. The van der Waals surface area contributed by atoms with Crippen LogP contribution >= 0.6 is 11.8 Å². The van der Waals surface area contributed by atoms with Gasteiger partial charge < -0.3 is 10.2 Å². The summed E-state index contributed by atoms with van der Waals surface area (Å²) < 4.78 is -0.404. The predicted molar refractivity (Wildman–Crippen MR) is 67.1 cm³/mol. The van der Waals surface area contributed by atoms with Crippen molar-refractivity contribution in [3.05, 3.63) is 29.8 Å². The molecule has 0 amide bonds. The average molecular weight is 253 g/mol. The Hall–Kier alpha value is -1.20. The molecule has 2 atom stereocenters. The fourth-order valence-electron chi connectivity index (χ4n) is 1.99. The highest BCUT2D eigenvalue weighted by Crippen LogP contribution is 2.47. The molecule has 1 aromatic carbocycles. The van der Waals surface area contributed by atoms with Crippen molar-refractivity contribution in [2.75, 3.05) is 0 Å². The lowest BCUT2D eigenvalue weighted by molar-refractivity contribution is -0.139. The number of benzene rings is 1. The quantitative estimate of drug-likeness (QED) is 0.751. The molecule has 1 aromatic rings. The molecule has 0 bridgehead atoms. The van der Waals surface area contributed by atoms with E-state index in [9.17, 15) is 9.90 Å². The van der Waals surface area contributed by atoms with Gasteiger partial charge in [-0.3, -0.25) is 10.1 Å². The minimum absolute atomic E-state index is 0.188. The van der Waals surface area contributed by atoms with Crippen molar-refractivity contribution in [3.63, 3.8) is 0 Å². The van der Waals surface area contributed by atoms with E-state index >= 15 is 0 Å². The van der Waals surface area contributed by atoms with Crippen LogP contribution in [0, 0.1) is 0 Å². The van der Waals surface area contributed by atoms with Crippen molar-refractivity contribution < 1.29 is 15.0 Å². The van der Waals surface area contributed by atoms with Crippen LogP contribution in [0.1, 0.15) is 24.8 Å². The molecule has 1 aliphatic heterocycles. The van der Waals surface area contributed by atoms with Gasteiger partial charge >= 0.3 is 5.97 Å². The van der Waals surface area contributed by atoms with Gasteiger partial charge in [0.15, 0.2) is 0 Å². The summed E-state index contributed by atoms with van der Waals surface area (Å²) in [4.78, 5) is 11.1. The molecule has 0 spiro atoms. The summed E-state index contributed by atoms with van der Waals surface area (Å²) in [5.74, 6) is -0.667. The maximum absolute atomic E-state index is 11.1. The first-order valence-corrected chi connectivity index (χ1v) is 6.24. The normalized spacial score (nSPS) is 26.9. The SMILES string of the molecule is CC1(C)S[C@H](c2ccccc2O)N[C@H]1C(=O)O. The van der Waals surface area contributed by atoms with Crippen molar-refractivity contribution in [3.8, 4) is 5.75 Å². The molecule has 1 saturated heterocycles. The lowest BCUT2D eigenvalue weighted by atomic mass is 10.0. The van der Waals surface area contributed by atoms with Crippen molar-refractivity contribution in [1.82, 2.24) is 5.32 Å². The van der Waals surface area contributed by atoms with Crippen LogP contribution in [0.4, 0.5) is 0 Å². The number of carboxylic acids is 1. The summed E-state index contributed by atoms with van der Waals surface area (Å²) in [6.07, 6.45) is 0. The highest BCUT2D eigenvalue weighted by atomic mass is 32.2. The van der Waals surface area contributed by atoms with Crippen LogP contribution in [0.5, 0.6) is 5.75 Å². The number of phenols is 1. The van der Waals surface area contributed by atoms with Gasteiger partial charge in [-0.2, -0.15) is 0 Å². The minimum atomic E-state index is -0.861. The molecule has 0 unspecified atom stereocenters. The number of hydrogen-bond acceptors (Lipinski definition) is 4. The molecule has 2 rings (SSSR count). The van der Waals surface area contributed by atoms with Gasteiger partial charge in [-0.05, 0) is 19.9 Å². The van der Waals surface area contributed by atoms with E-state index in [1.54, 1.807) is 18.2 Å². The zero-order chi connectivity index (χ0) is 12.6. The van der Waals surface area contributed by atoms with E-state index in [0.717, 1.165) is 5.56 Å². The van der Waals surface area contributed by atoms with E-state index in [4.69, 9.17) is 5.11 Å². The van der Waals surface area contributed by atoms with Crippen molar-refractivity contribution in [2.24, 2.45) is 0 Å². The fraction of sp³-hybridized carbons (Fsp3) is 0.417. The van der Waals surface area contributed by atoms with Crippen LogP contribution in [0.2, 0.25) is 0 Å². The molecule has 5 heteroatoms. The summed E-state index contributed by atoms with van der Waals surface area (Å²) in [5.41, 5.74) is 0.731. The number of para-hydroxylation sites is 1. The number of carbonyl (C=O) groups is 1. The summed E-state index contributed by atoms with van der Waals surface area (Å²) in [6.45, 7) is 3.78. The number of rotatable bonds is 2. The third kappa shape index (κ3) is 2.25. The maximum atomic E-state index is 11.1. The number of aliphatic carboxylic acids is 1. The third-order valence-electron chi connectivity index (χ3n) is 2.90. The highest BCUT2D eigenvalue weighted by Gasteiger charge is 2.46. The fourth-order valence-corrected chi connectivity index (χ4v) is 3.43. The molecule has 0 radical (unpaired) electrons. The van der Waals surface area contributed by atoms with Crippen LogP contribution in [-0.2, 0) is 4.79 Å². The molecule has 0 aromatic heterocycles. The number of carboxylic acid groups (broad SMARTS) is 1. The Morgan fingerprint density at radius 2 is 2.06 bits per heavy atom. The molecule has 0 aliphatic carbocycles. The first-order chi connectivity index (χ1) is 7.92. The number of thioether (sulfide) groups is 1. The second-order valence-corrected chi connectivity index (χ2v) is 6.36. The molecule has 17 heavy (non-hydrogen) atoms. The van der Waals surface area contributed by atoms with Gasteiger partial charge in [0.05, 0.1) is 5.37 Å². The van der Waals surface area contributed by atoms with Crippen LogP contribution in [0.3, 0.4) is 0 Å². The van der Waals surface area contributed by atoms with Gasteiger partial charge in [-0.1, -0.05) is 18.2 Å². The summed E-state index contributed by atoms with van der Waals surface area (Å²) in [6, 6.07) is 6.38. The largest absolute Gasteiger partial charge is 0.508 e. The van der Waals surface area contributed by atoms with E-state index in [2.05, 4.69) is 5.32 Å². The number of phenolic OH excluding ortho intramolecular Hbond substituents is 1. The lowest BCUT2D eigenvalue weighted by Crippen LogP contribution is -2.43. The van der Waals surface area contributed by atoms with Gasteiger partial charge in [-0.25, -0.2) is 0 Å². The second kappa shape index (κ2) is 4.23. The Morgan fingerprint density at radius 3 is 2.59 bits per heavy atom. The molecule has 3 N–H and O–H groups in total. The first-order valence-electron chi connectivity index (χ1n) is 5.36. The highest BCUT2D eigenvalue weighted by molar-refractivity contribution is 8.01. The van der Waals surface area contributed by atoms with Gasteiger partial charge in [-0.15, -0.1) is 11.8 Å². The number of aromatic hydroxyl groups is 1. The molecule has 1 heterocycles. The van der Waals surface area contributed by atoms with Crippen LogP contribution in [0.15, 0.2) is 24.3 Å². The standard InChI is InChI=1S/C12H15NO3S/c1-12(2)9(11(15)16)13-10(17-12)7-5-3-4-6-8(7)14/h3-6,9-10,13-14H,1-2H3,(H,15,16)/t9-,10+/m0/s1. The van der Waals surface area contributed by atoms with Gasteiger partial charge in [0, 0.05) is 10.3 Å². The van der Waals surface area contributed by atoms with E-state index in [-0.39, 0.29) is 11.1 Å². The minimum Gasteiger partial charge on any atom is -0.508 e. The van der Waals surface area contributed by atoms with Crippen LogP contribution in [-0.4, -0.2) is 27.0 Å². The molecular weight excluding hydrogens is 238 g/mol. The van der Waals surface area contributed by atoms with Crippen LogP contribution in [0.25, 0.3) is 0 Å². The number of nitrogens with one attached hydrogen (secondary N) is 1. The molecule has 92 valence electrons. The molecule has 1 aliphatic rings. The summed E-state index contributed by atoms with van der Waals surface area (Å²) in [7, 11) is 0. The molecule has 4 nitrogen and oxygen atoms in total. The third-order valence-corrected chi connectivity index (χ3v) is 4.37. The van der Waals surface area contributed by atoms with E-state index in [0.29, 0.717) is 0 Å². The van der Waals surface area contributed by atoms with Crippen molar-refractivity contribution in [1.29, 1.82) is 0 Å². The lowest BCUT2D eigenvalue weighted by Gasteiger charge is -2.20. The topological polar surface area (TPSA) is 69.6 Å². The summed E-state index contributed by atoms with van der Waals surface area (Å²) in [5, 5.41) is 21.8. The second-order valence-electron chi connectivity index (χ2n) is 4.60. The first kappa shape index (κ1) is 12.3. The smallest absolute Gasteiger partial charge is 0.322 e. The Balaban J connectivity index is 2.28. The average Bonchev–Trinajstić information content (AvgIpc) is 2.55. The molecular formula is C12H15NO3S. The van der Waals surface area contributed by atoms with E-state index in [1.165, 1.54) is 11.8 Å². The Kier molecular flexibility index (Phi) is 3.05. The monoisotopic (exact) mass is 253 g/mol. The Labute approximate surface area is 104 Å². The predicted octanol–water partition coefficient (Wildman–Crippen LogP) is 1.96. The van der Waals surface area contributed by atoms with Crippen LogP contribution < -0.4 is 5.32 Å². The van der Waals surface area contributed by atoms with Crippen molar-refractivity contribution >= 4 is 17.7 Å². The number of hydrogen-bond donors (Lipinski definition) is 3. The Bertz CT molecular complexity index is 447.